The van der Waals surface area contributed by atoms with E-state index in [1.54, 1.807) is 25.3 Å². The highest BCUT2D eigenvalue weighted by atomic mass is 32.2. The minimum absolute atomic E-state index is 0.0758. The van der Waals surface area contributed by atoms with Gasteiger partial charge in [-0.1, -0.05) is 0 Å². The zero-order chi connectivity index (χ0) is 13.0. The summed E-state index contributed by atoms with van der Waals surface area (Å²) in [5.74, 6) is 1.78. The van der Waals surface area contributed by atoms with Gasteiger partial charge in [0.1, 0.15) is 5.75 Å². The zero-order valence-electron chi connectivity index (χ0n) is 10.00. The van der Waals surface area contributed by atoms with Crippen molar-refractivity contribution in [2.45, 2.75) is 5.88 Å². The standard InChI is InChI=1S/C12H14N2O3S/c1-17-9-2-3-10-11(6-9)13-7-14(12(10)16)8-18-5-4-15/h2-3,6-7,15H,4-5,8H2,1H3. The number of benzene rings is 1. The Bertz CT molecular complexity index is 597. The van der Waals surface area contributed by atoms with Crippen LogP contribution in [-0.2, 0) is 5.88 Å². The van der Waals surface area contributed by atoms with Crippen LogP contribution >= 0.6 is 11.8 Å². The highest BCUT2D eigenvalue weighted by Crippen LogP contribution is 2.16. The van der Waals surface area contributed by atoms with Crippen molar-refractivity contribution in [2.75, 3.05) is 19.5 Å². The summed E-state index contributed by atoms with van der Waals surface area (Å²) in [6.07, 6.45) is 1.52. The molecule has 0 atom stereocenters. The van der Waals surface area contributed by atoms with Crippen molar-refractivity contribution in [3.63, 3.8) is 0 Å². The Balaban J connectivity index is 2.35. The van der Waals surface area contributed by atoms with Crippen LogP contribution < -0.4 is 10.3 Å². The molecule has 0 aliphatic carbocycles. The number of hydrogen-bond acceptors (Lipinski definition) is 5. The first-order chi connectivity index (χ1) is 8.76. The van der Waals surface area contributed by atoms with Gasteiger partial charge in [0.25, 0.3) is 5.56 Å². The maximum Gasteiger partial charge on any atom is 0.261 e. The highest BCUT2D eigenvalue weighted by molar-refractivity contribution is 7.98. The molecule has 18 heavy (non-hydrogen) atoms. The summed E-state index contributed by atoms with van der Waals surface area (Å²) in [6.45, 7) is 0.109. The Hall–Kier alpha value is -1.53. The molecule has 0 saturated carbocycles. The molecule has 0 aliphatic heterocycles. The van der Waals surface area contributed by atoms with Crippen molar-refractivity contribution < 1.29 is 9.84 Å². The number of thioether (sulfide) groups is 1. The van der Waals surface area contributed by atoms with Gasteiger partial charge in [-0.15, -0.1) is 11.8 Å². The summed E-state index contributed by atoms with van der Waals surface area (Å²) in [4.78, 5) is 16.4. The number of methoxy groups -OCH3 is 1. The normalized spacial score (nSPS) is 10.8. The average molecular weight is 266 g/mol. The van der Waals surface area contributed by atoms with Crippen molar-refractivity contribution in [1.82, 2.24) is 9.55 Å². The van der Waals surface area contributed by atoms with Crippen LogP contribution in [0.15, 0.2) is 29.3 Å². The van der Waals surface area contributed by atoms with Crippen LogP contribution in [0.2, 0.25) is 0 Å². The Kier molecular flexibility index (Phi) is 4.22. The molecule has 2 aromatic rings. The quantitative estimate of drug-likeness (QED) is 0.821. The number of aliphatic hydroxyl groups excluding tert-OH is 1. The molecule has 2 rings (SSSR count). The number of ether oxygens (including phenoxy) is 1. The van der Waals surface area contributed by atoms with Gasteiger partial charge in [0.15, 0.2) is 0 Å². The number of aromatic nitrogens is 2. The molecule has 0 radical (unpaired) electrons. The van der Waals surface area contributed by atoms with Crippen LogP contribution in [0.4, 0.5) is 0 Å². The fourth-order valence-corrected chi connectivity index (χ4v) is 2.22. The fraction of sp³-hybridized carbons (Fsp3) is 0.333. The van der Waals surface area contributed by atoms with Gasteiger partial charge in [0.2, 0.25) is 0 Å². The van der Waals surface area contributed by atoms with Crippen LogP contribution in [0.5, 0.6) is 5.75 Å². The SMILES string of the molecule is COc1ccc2c(=O)n(CSCCO)cnc2c1. The van der Waals surface area contributed by atoms with Gasteiger partial charge in [0, 0.05) is 11.8 Å². The smallest absolute Gasteiger partial charge is 0.261 e. The third-order valence-corrected chi connectivity index (χ3v) is 3.43. The lowest BCUT2D eigenvalue weighted by atomic mass is 10.2. The summed E-state index contributed by atoms with van der Waals surface area (Å²) in [5, 5.41) is 9.28. The van der Waals surface area contributed by atoms with Crippen molar-refractivity contribution >= 4 is 22.7 Å². The number of fused-ring (bicyclic) bond motifs is 1. The van der Waals surface area contributed by atoms with Crippen molar-refractivity contribution in [2.24, 2.45) is 0 Å². The molecule has 0 fully saturated rings. The van der Waals surface area contributed by atoms with Gasteiger partial charge in [-0.05, 0) is 12.1 Å². The predicted octanol–water partition coefficient (Wildman–Crippen LogP) is 1.09. The second kappa shape index (κ2) is 5.88. The number of aliphatic hydroxyl groups is 1. The van der Waals surface area contributed by atoms with E-state index in [4.69, 9.17) is 9.84 Å². The Labute approximate surface area is 108 Å². The average Bonchev–Trinajstić information content (AvgIpc) is 2.41. The first-order valence-electron chi connectivity index (χ1n) is 5.48. The lowest BCUT2D eigenvalue weighted by molar-refractivity contribution is 0.322. The van der Waals surface area contributed by atoms with Gasteiger partial charge >= 0.3 is 0 Å². The van der Waals surface area contributed by atoms with Crippen molar-refractivity contribution in [1.29, 1.82) is 0 Å². The second-order valence-electron chi connectivity index (χ2n) is 3.66. The van der Waals surface area contributed by atoms with Crippen molar-refractivity contribution in [3.8, 4) is 5.75 Å². The van der Waals surface area contributed by atoms with Gasteiger partial charge in [0.05, 0.1) is 36.8 Å². The monoisotopic (exact) mass is 266 g/mol. The number of rotatable bonds is 5. The molecule has 0 saturated heterocycles. The predicted molar refractivity (Wildman–Crippen MR) is 72.1 cm³/mol. The summed E-state index contributed by atoms with van der Waals surface area (Å²) in [7, 11) is 1.58. The Morgan fingerprint density at radius 1 is 1.50 bits per heavy atom. The highest BCUT2D eigenvalue weighted by Gasteiger charge is 2.05. The molecule has 1 aromatic heterocycles. The van der Waals surface area contributed by atoms with Crippen LogP contribution in [0.3, 0.4) is 0 Å². The van der Waals surface area contributed by atoms with Gasteiger partial charge < -0.3 is 9.84 Å². The lowest BCUT2D eigenvalue weighted by Crippen LogP contribution is -2.19. The summed E-state index contributed by atoms with van der Waals surface area (Å²) < 4.78 is 6.63. The first-order valence-corrected chi connectivity index (χ1v) is 6.63. The van der Waals surface area contributed by atoms with E-state index < -0.39 is 0 Å². The molecule has 1 N–H and O–H groups in total. The summed E-state index contributed by atoms with van der Waals surface area (Å²) >= 11 is 1.48. The van der Waals surface area contributed by atoms with Crippen LogP contribution in [-0.4, -0.2) is 34.1 Å². The lowest BCUT2D eigenvalue weighted by Gasteiger charge is -2.06. The minimum Gasteiger partial charge on any atom is -0.497 e. The molecule has 0 bridgehead atoms. The molecule has 1 heterocycles. The Morgan fingerprint density at radius 2 is 2.33 bits per heavy atom. The van der Waals surface area contributed by atoms with E-state index >= 15 is 0 Å². The summed E-state index contributed by atoms with van der Waals surface area (Å²) in [5.41, 5.74) is 0.552. The zero-order valence-corrected chi connectivity index (χ0v) is 10.8. The molecule has 1 aromatic carbocycles. The molecular weight excluding hydrogens is 252 g/mol. The fourth-order valence-electron chi connectivity index (χ4n) is 1.58. The maximum absolute atomic E-state index is 12.1. The molecular formula is C12H14N2O3S. The third kappa shape index (κ3) is 2.65. The van der Waals surface area contributed by atoms with Gasteiger partial charge in [-0.2, -0.15) is 0 Å². The number of hydrogen-bond donors (Lipinski definition) is 1. The molecule has 0 aliphatic rings. The van der Waals surface area contributed by atoms with Crippen LogP contribution in [0, 0.1) is 0 Å². The van der Waals surface area contributed by atoms with Gasteiger partial charge in [-0.3, -0.25) is 9.36 Å². The van der Waals surface area contributed by atoms with E-state index in [1.165, 1.54) is 22.7 Å². The number of nitrogens with zero attached hydrogens (tertiary/aromatic N) is 2. The largest absolute Gasteiger partial charge is 0.497 e. The van der Waals surface area contributed by atoms with Crippen LogP contribution in [0.1, 0.15) is 0 Å². The van der Waals surface area contributed by atoms with E-state index in [2.05, 4.69) is 4.98 Å². The Morgan fingerprint density at radius 3 is 3.06 bits per heavy atom. The van der Waals surface area contributed by atoms with E-state index in [9.17, 15) is 4.79 Å². The van der Waals surface area contributed by atoms with E-state index in [0.717, 1.165) is 0 Å². The van der Waals surface area contributed by atoms with Crippen LogP contribution in [0.25, 0.3) is 10.9 Å². The molecule has 5 nitrogen and oxygen atoms in total. The first kappa shape index (κ1) is 12.9. The van der Waals surface area contributed by atoms with E-state index in [1.807, 2.05) is 0 Å². The molecule has 96 valence electrons. The molecule has 6 heteroatoms. The van der Waals surface area contributed by atoms with E-state index in [0.29, 0.717) is 28.3 Å². The van der Waals surface area contributed by atoms with Crippen molar-refractivity contribution in [3.05, 3.63) is 34.9 Å². The molecule has 0 spiro atoms. The topological polar surface area (TPSA) is 64.3 Å². The van der Waals surface area contributed by atoms with E-state index in [-0.39, 0.29) is 12.2 Å². The molecule has 0 amide bonds. The minimum atomic E-state index is -0.0758. The molecule has 0 unspecified atom stereocenters. The second-order valence-corrected chi connectivity index (χ2v) is 4.74. The maximum atomic E-state index is 12.1. The van der Waals surface area contributed by atoms with Gasteiger partial charge in [-0.25, -0.2) is 4.98 Å². The third-order valence-electron chi connectivity index (χ3n) is 2.50. The summed E-state index contributed by atoms with van der Waals surface area (Å²) in [6, 6.07) is 5.20.